The number of benzene rings is 1. The second-order valence-corrected chi connectivity index (χ2v) is 4.04. The zero-order chi connectivity index (χ0) is 11.4. The summed E-state index contributed by atoms with van der Waals surface area (Å²) in [5.74, 6) is 0. The van der Waals surface area contributed by atoms with Crippen LogP contribution in [0.2, 0.25) is 5.02 Å². The van der Waals surface area contributed by atoms with Gasteiger partial charge >= 0.3 is 0 Å². The van der Waals surface area contributed by atoms with Crippen LogP contribution in [0.15, 0.2) is 36.5 Å². The van der Waals surface area contributed by atoms with E-state index in [9.17, 15) is 0 Å². The number of hydrogen-bond donors (Lipinski definition) is 3. The molecule has 0 saturated heterocycles. The maximum absolute atomic E-state index is 5.83. The highest BCUT2D eigenvalue weighted by atomic mass is 35.5. The van der Waals surface area contributed by atoms with Crippen molar-refractivity contribution in [1.29, 1.82) is 0 Å². The van der Waals surface area contributed by atoms with Crippen LogP contribution < -0.4 is 11.1 Å². The first-order valence-corrected chi connectivity index (χ1v) is 5.54. The normalized spacial score (nSPS) is 10.3. The summed E-state index contributed by atoms with van der Waals surface area (Å²) in [5.41, 5.74) is 8.64. The van der Waals surface area contributed by atoms with Crippen molar-refractivity contribution in [3.63, 3.8) is 0 Å². The number of aromatic amines is 1. The molecule has 0 aliphatic heterocycles. The van der Waals surface area contributed by atoms with Crippen LogP contribution in [-0.4, -0.2) is 11.5 Å². The zero-order valence-corrected chi connectivity index (χ0v) is 9.59. The molecule has 1 aromatic heterocycles. The Morgan fingerprint density at radius 3 is 2.88 bits per heavy atom. The molecule has 0 atom stereocenters. The van der Waals surface area contributed by atoms with E-state index >= 15 is 0 Å². The first kappa shape index (κ1) is 10.9. The van der Waals surface area contributed by atoms with Crippen molar-refractivity contribution >= 4 is 23.0 Å². The van der Waals surface area contributed by atoms with Gasteiger partial charge in [-0.25, -0.2) is 0 Å². The van der Waals surface area contributed by atoms with Crippen molar-refractivity contribution in [2.24, 2.45) is 0 Å². The molecule has 0 aliphatic rings. The summed E-state index contributed by atoms with van der Waals surface area (Å²) in [6.45, 7) is 0.840. The molecule has 0 aliphatic carbocycles. The number of nitrogens with two attached hydrogens (primary N) is 1. The Labute approximate surface area is 99.6 Å². The molecule has 4 N–H and O–H groups in total. The van der Waals surface area contributed by atoms with Gasteiger partial charge in [-0.1, -0.05) is 11.6 Å². The minimum atomic E-state index is 0.660. The monoisotopic (exact) mass is 235 g/mol. The van der Waals surface area contributed by atoms with Crippen LogP contribution in [0.1, 0.15) is 5.69 Å². The van der Waals surface area contributed by atoms with Crippen molar-refractivity contribution < 1.29 is 0 Å². The number of nitrogen functional groups attached to an aromatic ring is 1. The molecule has 84 valence electrons. The Morgan fingerprint density at radius 1 is 1.31 bits per heavy atom. The topological polar surface area (TPSA) is 53.8 Å². The molecule has 16 heavy (non-hydrogen) atoms. The first-order chi connectivity index (χ1) is 7.75. The van der Waals surface area contributed by atoms with E-state index in [2.05, 4.69) is 16.4 Å². The van der Waals surface area contributed by atoms with Crippen LogP contribution in [0, 0.1) is 0 Å². The zero-order valence-electron chi connectivity index (χ0n) is 8.83. The van der Waals surface area contributed by atoms with Gasteiger partial charge in [0.1, 0.15) is 0 Å². The fourth-order valence-corrected chi connectivity index (χ4v) is 1.73. The molecule has 0 unspecified atom stereocenters. The number of halogens is 1. The summed E-state index contributed by atoms with van der Waals surface area (Å²) in [7, 11) is 0. The molecule has 2 aromatic rings. The number of anilines is 2. The molecule has 1 aromatic carbocycles. The predicted octanol–water partition coefficient (Wildman–Crippen LogP) is 2.90. The molecule has 0 radical (unpaired) electrons. The van der Waals surface area contributed by atoms with Crippen LogP contribution in [0.4, 0.5) is 11.4 Å². The van der Waals surface area contributed by atoms with E-state index in [0.717, 1.165) is 18.7 Å². The molecule has 0 bridgehead atoms. The predicted molar refractivity (Wildman–Crippen MR) is 68.9 cm³/mol. The van der Waals surface area contributed by atoms with E-state index in [4.69, 9.17) is 17.3 Å². The summed E-state index contributed by atoms with van der Waals surface area (Å²) in [5, 5.41) is 3.93. The van der Waals surface area contributed by atoms with E-state index < -0.39 is 0 Å². The molecule has 2 rings (SSSR count). The first-order valence-electron chi connectivity index (χ1n) is 5.17. The quantitative estimate of drug-likeness (QED) is 0.714. The maximum atomic E-state index is 5.83. The van der Waals surface area contributed by atoms with Gasteiger partial charge < -0.3 is 16.0 Å². The van der Waals surface area contributed by atoms with Crippen molar-refractivity contribution in [2.75, 3.05) is 17.6 Å². The smallest absolute Gasteiger partial charge is 0.0575 e. The lowest BCUT2D eigenvalue weighted by Gasteiger charge is -2.08. The lowest BCUT2D eigenvalue weighted by atomic mass is 10.2. The Morgan fingerprint density at radius 2 is 2.19 bits per heavy atom. The van der Waals surface area contributed by atoms with E-state index in [1.54, 1.807) is 6.07 Å². The van der Waals surface area contributed by atoms with E-state index in [-0.39, 0.29) is 0 Å². The maximum Gasteiger partial charge on any atom is 0.0575 e. The minimum absolute atomic E-state index is 0.660. The third kappa shape index (κ3) is 2.70. The van der Waals surface area contributed by atoms with Gasteiger partial charge in [0.25, 0.3) is 0 Å². The number of H-pyrrole nitrogens is 1. The highest BCUT2D eigenvalue weighted by Gasteiger charge is 1.99. The van der Waals surface area contributed by atoms with Gasteiger partial charge in [0.05, 0.1) is 11.4 Å². The summed E-state index contributed by atoms with van der Waals surface area (Å²) >= 11 is 5.82. The minimum Gasteiger partial charge on any atom is -0.397 e. The molecule has 0 spiro atoms. The van der Waals surface area contributed by atoms with E-state index in [0.29, 0.717) is 10.7 Å². The van der Waals surface area contributed by atoms with Gasteiger partial charge in [-0.2, -0.15) is 0 Å². The average molecular weight is 236 g/mol. The number of aromatic nitrogens is 1. The number of nitrogens with one attached hydrogen (secondary N) is 2. The Bertz CT molecular complexity index is 451. The number of hydrogen-bond acceptors (Lipinski definition) is 2. The van der Waals surface area contributed by atoms with Gasteiger partial charge in [0.2, 0.25) is 0 Å². The summed E-state index contributed by atoms with van der Waals surface area (Å²) < 4.78 is 0. The van der Waals surface area contributed by atoms with Crippen molar-refractivity contribution in [2.45, 2.75) is 6.42 Å². The molecular formula is C12H14ClN3. The number of rotatable bonds is 4. The molecule has 0 fully saturated rings. The molecule has 4 heteroatoms. The van der Waals surface area contributed by atoms with Crippen molar-refractivity contribution in [1.82, 2.24) is 4.98 Å². The Hall–Kier alpha value is -1.61. The molecule has 1 heterocycles. The van der Waals surface area contributed by atoms with Gasteiger partial charge in [0.15, 0.2) is 0 Å². The van der Waals surface area contributed by atoms with Crippen LogP contribution >= 0.6 is 11.6 Å². The molecule has 3 nitrogen and oxygen atoms in total. The highest BCUT2D eigenvalue weighted by Crippen LogP contribution is 2.22. The molecular weight excluding hydrogens is 222 g/mol. The van der Waals surface area contributed by atoms with Crippen LogP contribution in [0.5, 0.6) is 0 Å². The SMILES string of the molecule is Nc1cc(Cl)ccc1NCCc1ccc[nH]1. The Balaban J connectivity index is 1.90. The van der Waals surface area contributed by atoms with E-state index in [1.807, 2.05) is 24.4 Å². The third-order valence-corrected chi connectivity index (χ3v) is 2.62. The summed E-state index contributed by atoms with van der Waals surface area (Å²) in [4.78, 5) is 3.15. The van der Waals surface area contributed by atoms with Gasteiger partial charge in [-0.3, -0.25) is 0 Å². The Kier molecular flexibility index (Phi) is 3.37. The van der Waals surface area contributed by atoms with Crippen LogP contribution in [0.25, 0.3) is 0 Å². The molecule has 0 amide bonds. The highest BCUT2D eigenvalue weighted by molar-refractivity contribution is 6.31. The van der Waals surface area contributed by atoms with Crippen LogP contribution in [-0.2, 0) is 6.42 Å². The second kappa shape index (κ2) is 4.94. The second-order valence-electron chi connectivity index (χ2n) is 3.60. The molecule has 0 saturated carbocycles. The van der Waals surface area contributed by atoms with Crippen LogP contribution in [0.3, 0.4) is 0 Å². The largest absolute Gasteiger partial charge is 0.397 e. The fraction of sp³-hybridized carbons (Fsp3) is 0.167. The van der Waals surface area contributed by atoms with E-state index in [1.165, 1.54) is 5.69 Å². The summed E-state index contributed by atoms with van der Waals surface area (Å²) in [6, 6.07) is 9.53. The standard InChI is InChI=1S/C12H14ClN3/c13-9-3-4-12(11(14)8-9)16-7-5-10-2-1-6-15-10/h1-4,6,8,15-16H,5,7,14H2. The lowest BCUT2D eigenvalue weighted by Crippen LogP contribution is -2.06. The van der Waals surface area contributed by atoms with Crippen molar-refractivity contribution in [3.8, 4) is 0 Å². The lowest BCUT2D eigenvalue weighted by molar-refractivity contribution is 0.978. The van der Waals surface area contributed by atoms with Gasteiger partial charge in [-0.05, 0) is 30.3 Å². The third-order valence-electron chi connectivity index (χ3n) is 2.39. The fourth-order valence-electron chi connectivity index (χ4n) is 1.55. The average Bonchev–Trinajstić information content (AvgIpc) is 2.74. The van der Waals surface area contributed by atoms with Crippen molar-refractivity contribution in [3.05, 3.63) is 47.2 Å². The summed E-state index contributed by atoms with van der Waals surface area (Å²) in [6.07, 6.45) is 2.86. The van der Waals surface area contributed by atoms with Gasteiger partial charge in [0, 0.05) is 29.9 Å². The van der Waals surface area contributed by atoms with Gasteiger partial charge in [-0.15, -0.1) is 0 Å².